The van der Waals surface area contributed by atoms with Gasteiger partial charge in [0.25, 0.3) is 0 Å². The first-order valence-electron chi connectivity index (χ1n) is 14.8. The van der Waals surface area contributed by atoms with Crippen LogP contribution in [0, 0.1) is 16.7 Å². The van der Waals surface area contributed by atoms with Crippen LogP contribution in [0.3, 0.4) is 0 Å². The van der Waals surface area contributed by atoms with Gasteiger partial charge in [-0.2, -0.15) is 0 Å². The molecule has 0 heterocycles. The normalized spacial score (nSPS) is 22.8. The van der Waals surface area contributed by atoms with Gasteiger partial charge in [-0.05, 0) is 31.6 Å². The zero-order valence-corrected chi connectivity index (χ0v) is 22.8. The molecule has 0 saturated heterocycles. The Bertz CT molecular complexity index is 558. The van der Waals surface area contributed by atoms with E-state index in [0.717, 1.165) is 50.9 Å². The maximum Gasteiger partial charge on any atom is 0.310 e. The van der Waals surface area contributed by atoms with Gasteiger partial charge in [0.05, 0.1) is 10.8 Å². The first kappa shape index (κ1) is 31.0. The van der Waals surface area contributed by atoms with Gasteiger partial charge in [-0.3, -0.25) is 9.59 Å². The third-order valence-corrected chi connectivity index (χ3v) is 8.53. The molecule has 2 atom stereocenters. The Kier molecular flexibility index (Phi) is 15.8. The summed E-state index contributed by atoms with van der Waals surface area (Å²) in [6, 6.07) is 0. The van der Waals surface area contributed by atoms with Crippen molar-refractivity contribution in [3.8, 4) is 0 Å². The van der Waals surface area contributed by atoms with E-state index < -0.39 is 22.8 Å². The molecule has 1 fully saturated rings. The summed E-state index contributed by atoms with van der Waals surface area (Å²) in [5, 5.41) is 20.4. The lowest BCUT2D eigenvalue weighted by atomic mass is 9.52. The van der Waals surface area contributed by atoms with Crippen LogP contribution in [0.5, 0.6) is 0 Å². The van der Waals surface area contributed by atoms with Crippen molar-refractivity contribution in [3.05, 3.63) is 0 Å². The monoisotopic (exact) mass is 480 g/mol. The van der Waals surface area contributed by atoms with Crippen molar-refractivity contribution in [3.63, 3.8) is 0 Å². The highest BCUT2D eigenvalue weighted by atomic mass is 16.4. The van der Waals surface area contributed by atoms with Crippen molar-refractivity contribution in [1.29, 1.82) is 0 Å². The first-order valence-corrected chi connectivity index (χ1v) is 14.8. The summed E-state index contributed by atoms with van der Waals surface area (Å²) in [6.45, 7) is 6.67. The van der Waals surface area contributed by atoms with E-state index in [1.54, 1.807) is 0 Å². The number of aliphatic carboxylic acids is 2. The Balaban J connectivity index is 2.25. The summed E-state index contributed by atoms with van der Waals surface area (Å²) in [6.07, 6.45) is 23.3. The Labute approximate surface area is 210 Å². The molecule has 1 aliphatic rings. The Morgan fingerprint density at radius 1 is 0.618 bits per heavy atom. The van der Waals surface area contributed by atoms with E-state index in [0.29, 0.717) is 25.7 Å². The van der Waals surface area contributed by atoms with Gasteiger partial charge in [-0.25, -0.2) is 0 Å². The van der Waals surface area contributed by atoms with Gasteiger partial charge in [0.2, 0.25) is 0 Å². The molecule has 34 heavy (non-hydrogen) atoms. The number of rotatable bonds is 21. The average molecular weight is 481 g/mol. The van der Waals surface area contributed by atoms with E-state index in [-0.39, 0.29) is 0 Å². The predicted molar refractivity (Wildman–Crippen MR) is 142 cm³/mol. The van der Waals surface area contributed by atoms with E-state index in [4.69, 9.17) is 0 Å². The zero-order valence-electron chi connectivity index (χ0n) is 22.8. The highest BCUT2D eigenvalue weighted by Crippen LogP contribution is 2.56. The van der Waals surface area contributed by atoms with E-state index >= 15 is 0 Å². The van der Waals surface area contributed by atoms with Crippen LogP contribution in [0.1, 0.15) is 162 Å². The number of carbonyl (C=O) groups is 2. The van der Waals surface area contributed by atoms with Crippen LogP contribution < -0.4 is 0 Å². The molecule has 0 aromatic carbocycles. The molecule has 0 aliphatic heterocycles. The molecule has 200 valence electrons. The fourth-order valence-corrected chi connectivity index (χ4v) is 6.30. The maximum atomic E-state index is 12.5. The Hall–Kier alpha value is -1.06. The highest BCUT2D eigenvalue weighted by molar-refractivity contribution is 5.87. The van der Waals surface area contributed by atoms with Crippen LogP contribution in [0.2, 0.25) is 0 Å². The lowest BCUT2D eigenvalue weighted by Crippen LogP contribution is -2.54. The molecule has 4 nitrogen and oxygen atoms in total. The van der Waals surface area contributed by atoms with Crippen LogP contribution in [-0.2, 0) is 9.59 Å². The smallest absolute Gasteiger partial charge is 0.310 e. The standard InChI is InChI=1S/C30H56O4/c1-4-5-22-29(27(31)32)24-19-20-25-30(29,28(33)34)23-18-16-14-12-10-8-6-7-9-11-13-15-17-21-26(2)3/h26H,4-25H2,1-3H3,(H,31,32)(H,33,34). The molecule has 1 saturated carbocycles. The quantitative estimate of drug-likeness (QED) is 0.160. The summed E-state index contributed by atoms with van der Waals surface area (Å²) in [5.74, 6) is -0.904. The SMILES string of the molecule is CCCCC1(C(=O)O)CCCCC1(CCCCCCCCCCCCCCCC(C)C)C(=O)O. The molecule has 0 amide bonds. The highest BCUT2D eigenvalue weighted by Gasteiger charge is 2.61. The molecule has 1 aliphatic carbocycles. The van der Waals surface area contributed by atoms with Crippen molar-refractivity contribution < 1.29 is 19.8 Å². The lowest BCUT2D eigenvalue weighted by Gasteiger charge is -2.48. The Morgan fingerprint density at radius 3 is 1.32 bits per heavy atom. The Morgan fingerprint density at radius 2 is 0.971 bits per heavy atom. The summed E-state index contributed by atoms with van der Waals surface area (Å²) in [7, 11) is 0. The molecule has 2 unspecified atom stereocenters. The van der Waals surface area contributed by atoms with Crippen LogP contribution in [-0.4, -0.2) is 22.2 Å². The summed E-state index contributed by atoms with van der Waals surface area (Å²) < 4.78 is 0. The molecule has 0 radical (unpaired) electrons. The third-order valence-electron chi connectivity index (χ3n) is 8.53. The second-order valence-corrected chi connectivity index (χ2v) is 11.6. The van der Waals surface area contributed by atoms with Gasteiger partial charge in [-0.15, -0.1) is 0 Å². The van der Waals surface area contributed by atoms with Gasteiger partial charge in [0, 0.05) is 0 Å². The summed E-state index contributed by atoms with van der Waals surface area (Å²) >= 11 is 0. The van der Waals surface area contributed by atoms with Crippen molar-refractivity contribution in [2.75, 3.05) is 0 Å². The topological polar surface area (TPSA) is 74.6 Å². The van der Waals surface area contributed by atoms with Crippen molar-refractivity contribution in [2.24, 2.45) is 16.7 Å². The second-order valence-electron chi connectivity index (χ2n) is 11.6. The largest absolute Gasteiger partial charge is 0.481 e. The zero-order chi connectivity index (χ0) is 25.3. The first-order chi connectivity index (χ1) is 16.3. The van der Waals surface area contributed by atoms with Gasteiger partial charge in [-0.1, -0.05) is 136 Å². The van der Waals surface area contributed by atoms with Crippen molar-refractivity contribution in [1.82, 2.24) is 0 Å². The van der Waals surface area contributed by atoms with Crippen molar-refractivity contribution in [2.45, 2.75) is 162 Å². The molecule has 2 N–H and O–H groups in total. The number of carboxylic acid groups (broad SMARTS) is 2. The molecule has 0 aromatic rings. The molecule has 4 heteroatoms. The van der Waals surface area contributed by atoms with Crippen molar-refractivity contribution >= 4 is 11.9 Å². The van der Waals surface area contributed by atoms with Crippen LogP contribution in [0.4, 0.5) is 0 Å². The van der Waals surface area contributed by atoms with E-state index in [1.807, 2.05) is 0 Å². The number of hydrogen-bond donors (Lipinski definition) is 2. The fraction of sp³-hybridized carbons (Fsp3) is 0.933. The minimum atomic E-state index is -1.08. The number of unbranched alkanes of at least 4 members (excludes halogenated alkanes) is 13. The van der Waals surface area contributed by atoms with Crippen LogP contribution in [0.25, 0.3) is 0 Å². The van der Waals surface area contributed by atoms with Gasteiger partial charge >= 0.3 is 11.9 Å². The molecule has 0 aromatic heterocycles. The molecule has 0 spiro atoms. The maximum absolute atomic E-state index is 12.5. The molecule has 1 rings (SSSR count). The van der Waals surface area contributed by atoms with Crippen LogP contribution >= 0.6 is 0 Å². The minimum Gasteiger partial charge on any atom is -0.481 e. The third kappa shape index (κ3) is 9.90. The number of hydrogen-bond acceptors (Lipinski definition) is 2. The van der Waals surface area contributed by atoms with E-state index in [2.05, 4.69) is 20.8 Å². The summed E-state index contributed by atoms with van der Waals surface area (Å²) in [4.78, 5) is 24.9. The van der Waals surface area contributed by atoms with Crippen LogP contribution in [0.15, 0.2) is 0 Å². The molecular formula is C30H56O4. The van der Waals surface area contributed by atoms with Gasteiger partial charge in [0.1, 0.15) is 0 Å². The fourth-order valence-electron chi connectivity index (χ4n) is 6.30. The van der Waals surface area contributed by atoms with E-state index in [9.17, 15) is 19.8 Å². The molecular weight excluding hydrogens is 424 g/mol. The minimum absolute atomic E-state index is 0.503. The second kappa shape index (κ2) is 17.4. The van der Waals surface area contributed by atoms with Gasteiger partial charge in [0.15, 0.2) is 0 Å². The number of carboxylic acids is 2. The van der Waals surface area contributed by atoms with E-state index in [1.165, 1.54) is 70.6 Å². The summed E-state index contributed by atoms with van der Waals surface area (Å²) in [5.41, 5.74) is -2.16. The van der Waals surface area contributed by atoms with Gasteiger partial charge < -0.3 is 10.2 Å². The average Bonchev–Trinajstić information content (AvgIpc) is 2.80. The lowest BCUT2D eigenvalue weighted by molar-refractivity contribution is -0.182. The molecule has 0 bridgehead atoms. The predicted octanol–water partition coefficient (Wildman–Crippen LogP) is 9.40.